The highest BCUT2D eigenvalue weighted by atomic mass is 35.7. The average Bonchev–Trinajstić information content (AvgIpc) is 2.62. The molecule has 0 aliphatic carbocycles. The van der Waals surface area contributed by atoms with E-state index in [0.29, 0.717) is 19.8 Å². The molecule has 1 saturated heterocycles. The van der Waals surface area contributed by atoms with Gasteiger partial charge < -0.3 is 28.2 Å². The molecule has 1 spiro atoms. The van der Waals surface area contributed by atoms with Gasteiger partial charge in [0.1, 0.15) is 0 Å². The largest absolute Gasteiger partial charge is 0.394 e. The Morgan fingerprint density at radius 1 is 1.11 bits per heavy atom. The van der Waals surface area contributed by atoms with Crippen molar-refractivity contribution in [2.45, 2.75) is 6.42 Å². The van der Waals surface area contributed by atoms with E-state index >= 15 is 0 Å². The summed E-state index contributed by atoms with van der Waals surface area (Å²) in [5.41, 5.74) is 0. The highest BCUT2D eigenvalue weighted by Gasteiger charge is 2.40. The Hall–Kier alpha value is 0.480. The molecule has 0 aromatic carbocycles. The van der Waals surface area contributed by atoms with Crippen molar-refractivity contribution in [1.82, 2.24) is 4.67 Å². The Morgan fingerprint density at radius 2 is 1.82 bits per heavy atom. The van der Waals surface area contributed by atoms with Crippen LogP contribution in [0.15, 0.2) is 13.5 Å². The Balaban J connectivity index is 2.35. The molecule has 0 aromatic heterocycles. The number of aliphatic hydroxyl groups is 1. The van der Waals surface area contributed by atoms with Gasteiger partial charge in [-0.2, -0.15) is 18.8 Å². The fourth-order valence-corrected chi connectivity index (χ4v) is 14.5. The maximum absolute atomic E-state index is 8.88. The summed E-state index contributed by atoms with van der Waals surface area (Å²) in [6, 6.07) is 2.07. The second kappa shape index (κ2) is 11.8. The van der Waals surface area contributed by atoms with E-state index in [4.69, 9.17) is 55.9 Å². The highest BCUT2D eigenvalue weighted by molar-refractivity contribution is 8.01. The molecule has 2 aliphatic heterocycles. The van der Waals surface area contributed by atoms with Crippen molar-refractivity contribution in [3.63, 3.8) is 0 Å². The summed E-state index contributed by atoms with van der Waals surface area (Å²) in [7, 11) is -1.45. The van der Waals surface area contributed by atoms with E-state index in [2.05, 4.69) is 19.6 Å². The summed E-state index contributed by atoms with van der Waals surface area (Å²) in [6.07, 6.45) is 0.248. The lowest BCUT2D eigenvalue weighted by Crippen LogP contribution is -2.16. The lowest BCUT2D eigenvalue weighted by molar-refractivity contribution is 0.0508. The van der Waals surface area contributed by atoms with Gasteiger partial charge >= 0.3 is 14.4 Å². The van der Waals surface area contributed by atoms with Crippen LogP contribution < -0.4 is 0 Å². The van der Waals surface area contributed by atoms with Crippen LogP contribution in [0, 0.1) is 11.3 Å². The van der Waals surface area contributed by atoms with Gasteiger partial charge in [-0.1, -0.05) is 0 Å². The first-order chi connectivity index (χ1) is 13.4. The lowest BCUT2D eigenvalue weighted by Gasteiger charge is -2.33. The number of hydrogen-bond acceptors (Lipinski definition) is 11. The van der Waals surface area contributed by atoms with Crippen molar-refractivity contribution in [1.29, 1.82) is 5.26 Å². The number of nitriles is 1. The molecule has 2 rings (SSSR count). The SMILES string of the molecule is CN(CCC#N)P1(Cl)=NP2(=NP(Cl)(OCCOCCO)=N1)OCCOCCO2. The molecule has 0 radical (unpaired) electrons. The standard InChI is InChI=1S/C12H24Cl2N5O6P3/c1-19(4-2-3-15)26(13)16-27(14,23-10-7-21-6-5-20)18-28(17-26)24-11-8-22-9-12-25-28/h20H,2,4-12H2,1H3. The predicted molar refractivity (Wildman–Crippen MR) is 109 cm³/mol. The minimum Gasteiger partial charge on any atom is -0.394 e. The molecule has 0 saturated carbocycles. The first kappa shape index (κ1) is 24.7. The first-order valence-corrected chi connectivity index (χ1v) is 15.1. The molecule has 162 valence electrons. The molecular weight excluding hydrogens is 474 g/mol. The molecule has 1 fully saturated rings. The summed E-state index contributed by atoms with van der Waals surface area (Å²) < 4.78 is 43.1. The fourth-order valence-electron chi connectivity index (χ4n) is 2.06. The first-order valence-electron chi connectivity index (χ1n) is 8.46. The van der Waals surface area contributed by atoms with Crippen LogP contribution in [-0.2, 0) is 23.0 Å². The van der Waals surface area contributed by atoms with Gasteiger partial charge in [0.2, 0.25) is 6.71 Å². The van der Waals surface area contributed by atoms with E-state index in [1.807, 2.05) is 0 Å². The molecule has 2 atom stereocenters. The van der Waals surface area contributed by atoms with E-state index in [1.54, 1.807) is 11.7 Å². The van der Waals surface area contributed by atoms with Crippen molar-refractivity contribution in [3.8, 4) is 6.07 Å². The Kier molecular flexibility index (Phi) is 10.4. The molecule has 1 N–H and O–H groups in total. The second-order valence-corrected chi connectivity index (χ2v) is 14.7. The van der Waals surface area contributed by atoms with Crippen LogP contribution in [-0.4, -0.2) is 76.2 Å². The number of halogens is 2. The van der Waals surface area contributed by atoms with Crippen molar-refractivity contribution >= 4 is 43.6 Å². The molecule has 2 aliphatic rings. The van der Waals surface area contributed by atoms with Gasteiger partial charge in [0.25, 0.3) is 0 Å². The minimum atomic E-state index is -3.25. The van der Waals surface area contributed by atoms with Gasteiger partial charge in [-0.25, -0.2) is 4.67 Å². The van der Waals surface area contributed by atoms with Crippen LogP contribution in [0.3, 0.4) is 0 Å². The van der Waals surface area contributed by atoms with Gasteiger partial charge in [0.15, 0.2) is 0 Å². The summed E-state index contributed by atoms with van der Waals surface area (Å²) in [6.45, 7) is -4.37. The zero-order chi connectivity index (χ0) is 20.5. The number of rotatable bonds is 9. The Morgan fingerprint density at radius 3 is 2.46 bits per heavy atom. The van der Waals surface area contributed by atoms with Gasteiger partial charge in [0, 0.05) is 13.0 Å². The van der Waals surface area contributed by atoms with Crippen LogP contribution in [0.1, 0.15) is 6.42 Å². The number of aliphatic hydroxyl groups excluding tert-OH is 1. The van der Waals surface area contributed by atoms with E-state index in [0.717, 1.165) is 0 Å². The van der Waals surface area contributed by atoms with Crippen molar-refractivity contribution < 1.29 is 28.2 Å². The Bertz CT molecular complexity index is 721. The molecule has 0 aromatic rings. The summed E-state index contributed by atoms with van der Waals surface area (Å²) in [5.74, 6) is 0. The van der Waals surface area contributed by atoms with Crippen molar-refractivity contribution in [2.24, 2.45) is 13.5 Å². The Labute approximate surface area is 174 Å². The van der Waals surface area contributed by atoms with Gasteiger partial charge in [0.05, 0.1) is 58.9 Å². The normalized spacial score (nSPS) is 29.9. The average molecular weight is 498 g/mol. The number of nitrogens with zero attached hydrogens (tertiary/aromatic N) is 5. The van der Waals surface area contributed by atoms with E-state index < -0.39 is 21.2 Å². The second-order valence-electron chi connectivity index (χ2n) is 5.46. The summed E-state index contributed by atoms with van der Waals surface area (Å²) in [5, 5.41) is 17.6. The molecule has 16 heteroatoms. The van der Waals surface area contributed by atoms with Crippen LogP contribution in [0.5, 0.6) is 0 Å². The molecule has 28 heavy (non-hydrogen) atoms. The molecule has 2 heterocycles. The van der Waals surface area contributed by atoms with Crippen molar-refractivity contribution in [3.05, 3.63) is 0 Å². The molecule has 0 bridgehead atoms. The van der Waals surface area contributed by atoms with Gasteiger partial charge in [-0.3, -0.25) is 0 Å². The highest BCUT2D eigenvalue weighted by Crippen LogP contribution is 2.83. The number of hydrogen-bond donors (Lipinski definition) is 1. The van der Waals surface area contributed by atoms with Gasteiger partial charge in [-0.05, 0) is 29.5 Å². The summed E-state index contributed by atoms with van der Waals surface area (Å²) in [4.78, 5) is 0. The van der Waals surface area contributed by atoms with Crippen LogP contribution in [0.2, 0.25) is 0 Å². The summed E-state index contributed by atoms with van der Waals surface area (Å²) >= 11 is 13.4. The lowest BCUT2D eigenvalue weighted by atomic mass is 10.5. The maximum Gasteiger partial charge on any atom is 0.346 e. The van der Waals surface area contributed by atoms with Gasteiger partial charge in [-0.15, -0.1) is 0 Å². The van der Waals surface area contributed by atoms with Crippen LogP contribution in [0.25, 0.3) is 0 Å². The maximum atomic E-state index is 8.88. The third-order valence-corrected chi connectivity index (χ3v) is 14.9. The zero-order valence-electron chi connectivity index (χ0n) is 15.4. The zero-order valence-corrected chi connectivity index (χ0v) is 19.6. The molecular formula is C12H24Cl2N5O6P3. The van der Waals surface area contributed by atoms with E-state index in [1.165, 1.54) is 0 Å². The third-order valence-electron chi connectivity index (χ3n) is 3.35. The molecule has 2 unspecified atom stereocenters. The smallest absolute Gasteiger partial charge is 0.346 e. The third kappa shape index (κ3) is 7.31. The monoisotopic (exact) mass is 497 g/mol. The van der Waals surface area contributed by atoms with E-state index in [9.17, 15) is 0 Å². The predicted octanol–water partition coefficient (Wildman–Crippen LogP) is 4.25. The van der Waals surface area contributed by atoms with Crippen molar-refractivity contribution in [2.75, 3.05) is 66.4 Å². The number of ether oxygens (including phenoxy) is 2. The quantitative estimate of drug-likeness (QED) is 0.369. The fraction of sp³-hybridized carbons (Fsp3) is 0.917. The van der Waals surface area contributed by atoms with Crippen LogP contribution in [0.4, 0.5) is 0 Å². The topological polar surface area (TPSA) is 130 Å². The molecule has 11 nitrogen and oxygen atoms in total. The van der Waals surface area contributed by atoms with E-state index in [-0.39, 0.29) is 46.1 Å². The van der Waals surface area contributed by atoms with Crippen LogP contribution >= 0.6 is 43.6 Å². The molecule has 0 amide bonds. The minimum absolute atomic E-state index is 0.0901.